The van der Waals surface area contributed by atoms with Crippen LogP contribution in [0.5, 0.6) is 5.75 Å². The number of hydrogen-bond donors (Lipinski definition) is 0. The van der Waals surface area contributed by atoms with Crippen LogP contribution >= 0.6 is 0 Å². The van der Waals surface area contributed by atoms with Crippen LogP contribution in [0.3, 0.4) is 0 Å². The van der Waals surface area contributed by atoms with Gasteiger partial charge >= 0.3 is 11.9 Å². The van der Waals surface area contributed by atoms with Crippen molar-refractivity contribution in [2.75, 3.05) is 13.7 Å². The molecule has 5 aromatic rings. The molecular weight excluding hydrogens is 470 g/mol. The van der Waals surface area contributed by atoms with Gasteiger partial charge in [0.15, 0.2) is 0 Å². The third-order valence-electron chi connectivity index (χ3n) is 5.86. The van der Waals surface area contributed by atoms with Crippen LogP contribution in [-0.4, -0.2) is 44.4 Å². The van der Waals surface area contributed by atoms with Crippen molar-refractivity contribution in [2.24, 2.45) is 0 Å². The maximum absolute atomic E-state index is 12.0. The van der Waals surface area contributed by atoms with Crippen LogP contribution in [0.25, 0.3) is 44.9 Å². The summed E-state index contributed by atoms with van der Waals surface area (Å²) in [6, 6.07) is 15.9. The number of methoxy groups -OCH3 is 1. The molecule has 2 aromatic carbocycles. The van der Waals surface area contributed by atoms with Crippen LogP contribution < -0.4 is 4.74 Å². The SMILES string of the molecule is CCOC(=O)c1nc(-c2cccc(-c3nc4cc(-c5cncc(OC)c5)ccc4n3C(C)(C)C)c2)no1. The van der Waals surface area contributed by atoms with E-state index in [2.05, 4.69) is 58.7 Å². The lowest BCUT2D eigenvalue weighted by Gasteiger charge is -2.25. The summed E-state index contributed by atoms with van der Waals surface area (Å²) < 4.78 is 17.6. The summed E-state index contributed by atoms with van der Waals surface area (Å²) >= 11 is 0. The smallest absolute Gasteiger partial charge is 0.397 e. The summed E-state index contributed by atoms with van der Waals surface area (Å²) in [4.78, 5) is 25.5. The number of nitrogens with zero attached hydrogens (tertiary/aromatic N) is 5. The van der Waals surface area contributed by atoms with E-state index in [1.807, 2.05) is 36.5 Å². The third kappa shape index (κ3) is 4.67. The van der Waals surface area contributed by atoms with Crippen molar-refractivity contribution in [3.8, 4) is 39.7 Å². The number of ether oxygens (including phenoxy) is 2. The molecule has 0 radical (unpaired) electrons. The Balaban J connectivity index is 1.60. The molecule has 0 atom stereocenters. The molecule has 0 unspecified atom stereocenters. The van der Waals surface area contributed by atoms with Crippen LogP contribution in [0.2, 0.25) is 0 Å². The Labute approximate surface area is 214 Å². The molecule has 3 heterocycles. The number of benzene rings is 2. The minimum atomic E-state index is -0.644. The number of fused-ring (bicyclic) bond motifs is 1. The number of pyridine rings is 1. The molecule has 0 saturated carbocycles. The fraction of sp³-hybridized carbons (Fsp3) is 0.250. The molecule has 0 aliphatic carbocycles. The summed E-state index contributed by atoms with van der Waals surface area (Å²) in [5.74, 6) is 0.983. The molecule has 9 nitrogen and oxygen atoms in total. The maximum atomic E-state index is 12.0. The van der Waals surface area contributed by atoms with Gasteiger partial charge in [0.25, 0.3) is 0 Å². The van der Waals surface area contributed by atoms with Gasteiger partial charge < -0.3 is 18.6 Å². The van der Waals surface area contributed by atoms with E-state index >= 15 is 0 Å². The number of rotatable bonds is 6. The van der Waals surface area contributed by atoms with Crippen molar-refractivity contribution in [2.45, 2.75) is 33.2 Å². The second-order valence-electron chi connectivity index (χ2n) is 9.48. The third-order valence-corrected chi connectivity index (χ3v) is 5.86. The van der Waals surface area contributed by atoms with E-state index in [1.54, 1.807) is 20.2 Å². The fourth-order valence-electron chi connectivity index (χ4n) is 4.23. The Morgan fingerprint density at radius 1 is 0.973 bits per heavy atom. The van der Waals surface area contributed by atoms with Gasteiger partial charge in [0.05, 0.1) is 30.9 Å². The van der Waals surface area contributed by atoms with Crippen LogP contribution in [0.15, 0.2) is 65.4 Å². The fourth-order valence-corrected chi connectivity index (χ4v) is 4.23. The van der Waals surface area contributed by atoms with Gasteiger partial charge in [-0.15, -0.1) is 0 Å². The second kappa shape index (κ2) is 9.50. The maximum Gasteiger partial charge on any atom is 0.397 e. The van der Waals surface area contributed by atoms with Crippen molar-refractivity contribution >= 4 is 17.0 Å². The number of carbonyl (C=O) groups is 1. The van der Waals surface area contributed by atoms with Crippen molar-refractivity contribution in [1.29, 1.82) is 0 Å². The van der Waals surface area contributed by atoms with Gasteiger partial charge in [0.1, 0.15) is 11.6 Å². The Morgan fingerprint density at radius 2 is 1.78 bits per heavy atom. The van der Waals surface area contributed by atoms with Crippen molar-refractivity contribution < 1.29 is 18.8 Å². The average Bonchev–Trinajstić information content (AvgIpc) is 3.54. The zero-order valence-electron chi connectivity index (χ0n) is 21.3. The molecule has 0 saturated heterocycles. The van der Waals surface area contributed by atoms with Gasteiger partial charge in [-0.3, -0.25) is 4.98 Å². The molecule has 0 aliphatic heterocycles. The van der Waals surface area contributed by atoms with E-state index in [0.717, 1.165) is 33.5 Å². The molecule has 9 heteroatoms. The largest absolute Gasteiger partial charge is 0.495 e. The first-order valence-electron chi connectivity index (χ1n) is 11.9. The normalized spacial score (nSPS) is 11.6. The second-order valence-corrected chi connectivity index (χ2v) is 9.48. The summed E-state index contributed by atoms with van der Waals surface area (Å²) in [7, 11) is 1.63. The average molecular weight is 498 g/mol. The van der Waals surface area contributed by atoms with Crippen LogP contribution in [0, 0.1) is 0 Å². The quantitative estimate of drug-likeness (QED) is 0.273. The molecule has 0 N–H and O–H groups in total. The van der Waals surface area contributed by atoms with Gasteiger partial charge in [0, 0.05) is 28.4 Å². The lowest BCUT2D eigenvalue weighted by atomic mass is 10.0. The van der Waals surface area contributed by atoms with Crippen LogP contribution in [0.4, 0.5) is 0 Å². The predicted octanol–water partition coefficient (Wildman–Crippen LogP) is 5.76. The molecular formula is C28H27N5O4. The van der Waals surface area contributed by atoms with Gasteiger partial charge in [-0.25, -0.2) is 9.78 Å². The van der Waals surface area contributed by atoms with Crippen molar-refractivity contribution in [3.63, 3.8) is 0 Å². The highest BCUT2D eigenvalue weighted by atomic mass is 16.6. The zero-order valence-corrected chi connectivity index (χ0v) is 21.3. The van der Waals surface area contributed by atoms with Gasteiger partial charge in [-0.05, 0) is 57.5 Å². The van der Waals surface area contributed by atoms with Crippen LogP contribution in [-0.2, 0) is 10.3 Å². The molecule has 37 heavy (non-hydrogen) atoms. The zero-order chi connectivity index (χ0) is 26.2. The van der Waals surface area contributed by atoms with E-state index in [9.17, 15) is 4.79 Å². The van der Waals surface area contributed by atoms with Crippen molar-refractivity contribution in [3.05, 3.63) is 66.8 Å². The highest BCUT2D eigenvalue weighted by Gasteiger charge is 2.24. The van der Waals surface area contributed by atoms with Crippen molar-refractivity contribution in [1.82, 2.24) is 24.7 Å². The van der Waals surface area contributed by atoms with E-state index in [-0.39, 0.29) is 18.0 Å². The molecule has 0 bridgehead atoms. The van der Waals surface area contributed by atoms with E-state index in [4.69, 9.17) is 19.0 Å². The molecule has 3 aromatic heterocycles. The van der Waals surface area contributed by atoms with Gasteiger partial charge in [0.2, 0.25) is 5.82 Å². The first kappa shape index (κ1) is 24.2. The summed E-state index contributed by atoms with van der Waals surface area (Å²) in [6.07, 6.45) is 3.49. The van der Waals surface area contributed by atoms with Gasteiger partial charge in [-0.1, -0.05) is 29.4 Å². The molecule has 0 spiro atoms. The molecule has 0 amide bonds. The Bertz CT molecular complexity index is 1600. The van der Waals surface area contributed by atoms with Gasteiger partial charge in [-0.2, -0.15) is 4.98 Å². The van der Waals surface area contributed by atoms with Crippen LogP contribution in [0.1, 0.15) is 38.4 Å². The number of imidazole rings is 1. The molecule has 0 fully saturated rings. The predicted molar refractivity (Wildman–Crippen MR) is 139 cm³/mol. The highest BCUT2D eigenvalue weighted by molar-refractivity contribution is 5.87. The molecule has 188 valence electrons. The molecule has 5 rings (SSSR count). The monoisotopic (exact) mass is 497 g/mol. The Hall–Kier alpha value is -4.53. The highest BCUT2D eigenvalue weighted by Crippen LogP contribution is 2.35. The first-order chi connectivity index (χ1) is 17.8. The lowest BCUT2D eigenvalue weighted by Crippen LogP contribution is -2.22. The minimum Gasteiger partial charge on any atom is -0.495 e. The summed E-state index contributed by atoms with van der Waals surface area (Å²) in [5, 5.41) is 3.97. The first-order valence-corrected chi connectivity index (χ1v) is 11.9. The summed E-state index contributed by atoms with van der Waals surface area (Å²) in [6.45, 7) is 8.38. The standard InChI is InChI=1S/C28H27N5O4/c1-6-36-27(34)26-31-24(32-37-26)18-8-7-9-19(12-18)25-30-22-14-17(20-13-21(35-5)16-29-15-20)10-11-23(22)33(25)28(2,3)4/h7-16H,6H2,1-5H3. The topological polar surface area (TPSA) is 105 Å². The minimum absolute atomic E-state index is 0.177. The number of hydrogen-bond acceptors (Lipinski definition) is 8. The van der Waals surface area contributed by atoms with E-state index in [1.165, 1.54) is 0 Å². The number of esters is 1. The Kier molecular flexibility index (Phi) is 6.20. The number of carbonyl (C=O) groups excluding carboxylic acids is 1. The Morgan fingerprint density at radius 3 is 2.54 bits per heavy atom. The van der Waals surface area contributed by atoms with E-state index in [0.29, 0.717) is 17.1 Å². The molecule has 0 aliphatic rings. The van der Waals surface area contributed by atoms with E-state index < -0.39 is 5.97 Å². The lowest BCUT2D eigenvalue weighted by molar-refractivity contribution is 0.0470. The number of aromatic nitrogens is 5. The summed E-state index contributed by atoms with van der Waals surface area (Å²) in [5.41, 5.74) is 5.16.